The third-order valence-electron chi connectivity index (χ3n) is 7.43. The van der Waals surface area contributed by atoms with Crippen LogP contribution in [-0.2, 0) is 14.6 Å². The van der Waals surface area contributed by atoms with Gasteiger partial charge < -0.3 is 9.84 Å². The molecule has 0 radical (unpaired) electrons. The van der Waals surface area contributed by atoms with Gasteiger partial charge in [-0.05, 0) is 62.2 Å². The molecular formula is C25H52O4S. The molecule has 1 N–H and O–H groups in total. The SMILES string of the molecule is CCC(CC)(CCCCCO)CCCCOCCCCC(CC)(CC)CS(C)(=O)=O. The second kappa shape index (κ2) is 16.5. The second-order valence-electron chi connectivity index (χ2n) is 9.55. The van der Waals surface area contributed by atoms with E-state index >= 15 is 0 Å². The number of rotatable bonds is 21. The highest BCUT2D eigenvalue weighted by Crippen LogP contribution is 2.38. The van der Waals surface area contributed by atoms with Gasteiger partial charge in [0.2, 0.25) is 0 Å². The van der Waals surface area contributed by atoms with Crippen molar-refractivity contribution in [3.63, 3.8) is 0 Å². The molecule has 0 atom stereocenters. The van der Waals surface area contributed by atoms with Crippen molar-refractivity contribution in [3.8, 4) is 0 Å². The third kappa shape index (κ3) is 13.3. The van der Waals surface area contributed by atoms with Crippen LogP contribution in [0.4, 0.5) is 0 Å². The Bertz CT molecular complexity index is 493. The summed E-state index contributed by atoms with van der Waals surface area (Å²) in [5, 5.41) is 8.96. The van der Waals surface area contributed by atoms with Crippen LogP contribution in [0, 0.1) is 10.8 Å². The van der Waals surface area contributed by atoms with Crippen LogP contribution in [0.1, 0.15) is 118 Å². The molecule has 0 aliphatic heterocycles. The fraction of sp³-hybridized carbons (Fsp3) is 1.00. The summed E-state index contributed by atoms with van der Waals surface area (Å²) < 4.78 is 29.4. The van der Waals surface area contributed by atoms with Crippen molar-refractivity contribution < 1.29 is 18.3 Å². The number of unbranched alkanes of at least 4 members (excludes halogenated alkanes) is 4. The molecule has 0 spiro atoms. The topological polar surface area (TPSA) is 63.6 Å². The van der Waals surface area contributed by atoms with Gasteiger partial charge in [0.05, 0.1) is 5.75 Å². The second-order valence-corrected chi connectivity index (χ2v) is 11.7. The first-order valence-electron chi connectivity index (χ1n) is 12.6. The van der Waals surface area contributed by atoms with Crippen molar-refractivity contribution in [2.45, 2.75) is 118 Å². The largest absolute Gasteiger partial charge is 0.396 e. The number of aliphatic hydroxyl groups is 1. The quantitative estimate of drug-likeness (QED) is 0.202. The van der Waals surface area contributed by atoms with Gasteiger partial charge in [0.15, 0.2) is 0 Å². The average molecular weight is 449 g/mol. The zero-order valence-corrected chi connectivity index (χ0v) is 21.6. The molecule has 0 aromatic rings. The van der Waals surface area contributed by atoms with Gasteiger partial charge >= 0.3 is 0 Å². The molecule has 0 amide bonds. The normalized spacial score (nSPS) is 13.1. The minimum Gasteiger partial charge on any atom is -0.396 e. The molecule has 0 fully saturated rings. The minimum absolute atomic E-state index is 0.0611. The first kappa shape index (κ1) is 29.9. The Morgan fingerprint density at radius 2 is 1.10 bits per heavy atom. The Morgan fingerprint density at radius 3 is 1.50 bits per heavy atom. The molecule has 0 saturated carbocycles. The van der Waals surface area contributed by atoms with E-state index in [0.717, 1.165) is 64.6 Å². The Hall–Kier alpha value is -0.130. The highest BCUT2D eigenvalue weighted by Gasteiger charge is 2.29. The summed E-state index contributed by atoms with van der Waals surface area (Å²) in [6.45, 7) is 10.8. The maximum atomic E-state index is 11.8. The summed E-state index contributed by atoms with van der Waals surface area (Å²) in [5.41, 5.74) is 0.410. The van der Waals surface area contributed by atoms with Crippen LogP contribution >= 0.6 is 0 Å². The molecule has 0 aromatic heterocycles. The molecule has 0 aliphatic carbocycles. The molecule has 0 rings (SSSR count). The van der Waals surface area contributed by atoms with Crippen LogP contribution in [-0.4, -0.2) is 45.4 Å². The fourth-order valence-corrected chi connectivity index (χ4v) is 6.48. The van der Waals surface area contributed by atoms with E-state index in [1.54, 1.807) is 0 Å². The molecule has 5 heteroatoms. The maximum Gasteiger partial charge on any atom is 0.148 e. The molecule has 0 unspecified atom stereocenters. The molecule has 0 aromatic carbocycles. The van der Waals surface area contributed by atoms with E-state index in [-0.39, 0.29) is 5.41 Å². The van der Waals surface area contributed by atoms with E-state index in [4.69, 9.17) is 9.84 Å². The zero-order valence-electron chi connectivity index (χ0n) is 20.8. The lowest BCUT2D eigenvalue weighted by Gasteiger charge is -2.32. The Labute approximate surface area is 188 Å². The van der Waals surface area contributed by atoms with Gasteiger partial charge in [-0.1, -0.05) is 66.2 Å². The van der Waals surface area contributed by atoms with E-state index in [9.17, 15) is 8.42 Å². The van der Waals surface area contributed by atoms with Gasteiger partial charge in [0, 0.05) is 26.1 Å². The molecule has 0 aliphatic rings. The summed E-state index contributed by atoms with van der Waals surface area (Å²) in [6.07, 6.45) is 17.0. The van der Waals surface area contributed by atoms with Crippen LogP contribution in [0.15, 0.2) is 0 Å². The lowest BCUT2D eigenvalue weighted by atomic mass is 9.74. The van der Waals surface area contributed by atoms with E-state index in [0.29, 0.717) is 17.8 Å². The van der Waals surface area contributed by atoms with Crippen molar-refractivity contribution in [1.29, 1.82) is 0 Å². The van der Waals surface area contributed by atoms with Crippen molar-refractivity contribution in [2.75, 3.05) is 31.8 Å². The van der Waals surface area contributed by atoms with Gasteiger partial charge in [0.1, 0.15) is 9.84 Å². The summed E-state index contributed by atoms with van der Waals surface area (Å²) in [4.78, 5) is 0. The Balaban J connectivity index is 4.02. The predicted molar refractivity (Wildman–Crippen MR) is 130 cm³/mol. The van der Waals surface area contributed by atoms with Crippen molar-refractivity contribution in [2.24, 2.45) is 10.8 Å². The Kier molecular flexibility index (Phi) is 16.4. The standard InChI is InChI=1S/C25H52O4S/c1-6-24(7-2,17-11-10-14-20-26)18-12-15-21-29-22-16-13-19-25(8-3,9-4)23-30(5,27)28/h26H,6-23H2,1-5H3. The van der Waals surface area contributed by atoms with Gasteiger partial charge in [-0.2, -0.15) is 0 Å². The highest BCUT2D eigenvalue weighted by atomic mass is 32.2. The van der Waals surface area contributed by atoms with Crippen LogP contribution in [0.5, 0.6) is 0 Å². The van der Waals surface area contributed by atoms with E-state index in [2.05, 4.69) is 27.7 Å². The van der Waals surface area contributed by atoms with Gasteiger partial charge in [-0.3, -0.25) is 0 Å². The van der Waals surface area contributed by atoms with E-state index < -0.39 is 9.84 Å². The van der Waals surface area contributed by atoms with Crippen molar-refractivity contribution >= 4 is 9.84 Å². The molecule has 0 bridgehead atoms. The summed E-state index contributed by atoms with van der Waals surface area (Å²) >= 11 is 0. The lowest BCUT2D eigenvalue weighted by Crippen LogP contribution is -2.28. The Morgan fingerprint density at radius 1 is 0.667 bits per heavy atom. The van der Waals surface area contributed by atoms with Gasteiger partial charge in [0.25, 0.3) is 0 Å². The van der Waals surface area contributed by atoms with Crippen molar-refractivity contribution in [3.05, 3.63) is 0 Å². The molecule has 4 nitrogen and oxygen atoms in total. The molecule has 0 heterocycles. The average Bonchev–Trinajstić information content (AvgIpc) is 2.72. The number of hydrogen-bond acceptors (Lipinski definition) is 4. The first-order valence-corrected chi connectivity index (χ1v) is 14.6. The number of sulfone groups is 1. The third-order valence-corrected chi connectivity index (χ3v) is 8.56. The summed E-state index contributed by atoms with van der Waals surface area (Å²) in [5.74, 6) is 0.310. The molecular weight excluding hydrogens is 396 g/mol. The minimum atomic E-state index is -2.93. The first-order chi connectivity index (χ1) is 14.2. The monoisotopic (exact) mass is 448 g/mol. The van der Waals surface area contributed by atoms with Crippen LogP contribution < -0.4 is 0 Å². The molecule has 0 saturated heterocycles. The van der Waals surface area contributed by atoms with Crippen LogP contribution in [0.25, 0.3) is 0 Å². The molecule has 182 valence electrons. The number of ether oxygens (including phenoxy) is 1. The highest BCUT2D eigenvalue weighted by molar-refractivity contribution is 7.90. The maximum absolute atomic E-state index is 11.8. The lowest BCUT2D eigenvalue weighted by molar-refractivity contribution is 0.115. The van der Waals surface area contributed by atoms with Gasteiger partial charge in [-0.25, -0.2) is 8.42 Å². The number of hydrogen-bond donors (Lipinski definition) is 1. The van der Waals surface area contributed by atoms with Gasteiger partial charge in [-0.15, -0.1) is 0 Å². The fourth-order valence-electron chi connectivity index (χ4n) is 4.82. The molecule has 30 heavy (non-hydrogen) atoms. The van der Waals surface area contributed by atoms with Crippen LogP contribution in [0.2, 0.25) is 0 Å². The van der Waals surface area contributed by atoms with Crippen molar-refractivity contribution in [1.82, 2.24) is 0 Å². The van der Waals surface area contributed by atoms with E-state index in [1.807, 2.05) is 0 Å². The van der Waals surface area contributed by atoms with Crippen LogP contribution in [0.3, 0.4) is 0 Å². The summed E-state index contributed by atoms with van der Waals surface area (Å²) in [6, 6.07) is 0. The predicted octanol–water partition coefficient (Wildman–Crippen LogP) is 6.55. The smallest absolute Gasteiger partial charge is 0.148 e. The number of aliphatic hydroxyl groups excluding tert-OH is 1. The summed E-state index contributed by atoms with van der Waals surface area (Å²) in [7, 11) is -2.93. The zero-order chi connectivity index (χ0) is 22.9. The van der Waals surface area contributed by atoms with E-state index in [1.165, 1.54) is 44.8 Å².